The average Bonchev–Trinajstić information content (AvgIpc) is 2.81. The monoisotopic (exact) mass is 447 g/mol. The Hall–Kier alpha value is -3.17. The van der Waals surface area contributed by atoms with Crippen molar-refractivity contribution in [2.24, 2.45) is 0 Å². The van der Waals surface area contributed by atoms with Crippen LogP contribution in [-0.2, 0) is 15.0 Å². The first-order chi connectivity index (χ1) is 15.8. The zero-order valence-electron chi connectivity index (χ0n) is 19.7. The van der Waals surface area contributed by atoms with Crippen molar-refractivity contribution in [2.75, 3.05) is 11.5 Å². The third kappa shape index (κ3) is 6.43. The van der Waals surface area contributed by atoms with Crippen LogP contribution in [0.3, 0.4) is 0 Å². The second kappa shape index (κ2) is 11.1. The standard InChI is InChI=1S/C27H33N3O3/c1-27(2,3)21-13-15-23(16-14-21)30(24(32)12-8-18-31)25(20-9-7-17-28-19-20)26(33)29-22-10-5-4-6-11-22/h7,9,13-17,19,22,25,31H,4-6,10-11,18H2,1-3H3,(H,29,33). The highest BCUT2D eigenvalue weighted by molar-refractivity contribution is 6.10. The molecule has 0 bridgehead atoms. The SMILES string of the molecule is CC(C)(C)c1ccc(N(C(=O)C#CCO)C(C(=O)NC2CCCCC2)c2cccnc2)cc1. The lowest BCUT2D eigenvalue weighted by Gasteiger charge is -2.32. The predicted molar refractivity (Wildman–Crippen MR) is 129 cm³/mol. The molecule has 1 aromatic heterocycles. The van der Waals surface area contributed by atoms with Crippen molar-refractivity contribution in [3.8, 4) is 11.8 Å². The van der Waals surface area contributed by atoms with Crippen LogP contribution in [-0.4, -0.2) is 34.6 Å². The molecule has 0 spiro atoms. The highest BCUT2D eigenvalue weighted by atomic mass is 16.2. The Morgan fingerprint density at radius 1 is 1.15 bits per heavy atom. The molecule has 1 saturated carbocycles. The highest BCUT2D eigenvalue weighted by Crippen LogP contribution is 2.31. The maximum atomic E-state index is 13.6. The van der Waals surface area contributed by atoms with Crippen LogP contribution in [0, 0.1) is 11.8 Å². The Labute approximate surface area is 196 Å². The van der Waals surface area contributed by atoms with Crippen molar-refractivity contribution in [3.05, 3.63) is 59.9 Å². The summed E-state index contributed by atoms with van der Waals surface area (Å²) >= 11 is 0. The number of benzene rings is 1. The summed E-state index contributed by atoms with van der Waals surface area (Å²) in [6.07, 6.45) is 8.46. The maximum Gasteiger partial charge on any atom is 0.303 e. The molecule has 0 radical (unpaired) electrons. The number of nitrogens with zero attached hydrogens (tertiary/aromatic N) is 2. The van der Waals surface area contributed by atoms with E-state index in [1.165, 1.54) is 11.3 Å². The molecule has 33 heavy (non-hydrogen) atoms. The smallest absolute Gasteiger partial charge is 0.303 e. The first kappa shape index (κ1) is 24.5. The predicted octanol–water partition coefficient (Wildman–Crippen LogP) is 3.90. The molecule has 1 heterocycles. The van der Waals surface area contributed by atoms with E-state index < -0.39 is 18.6 Å². The number of pyridine rings is 1. The second-order valence-corrected chi connectivity index (χ2v) is 9.46. The van der Waals surface area contributed by atoms with Gasteiger partial charge in [-0.2, -0.15) is 0 Å². The Morgan fingerprint density at radius 3 is 2.42 bits per heavy atom. The summed E-state index contributed by atoms with van der Waals surface area (Å²) in [6.45, 7) is 5.92. The second-order valence-electron chi connectivity index (χ2n) is 9.46. The largest absolute Gasteiger partial charge is 0.384 e. The number of anilines is 1. The quantitative estimate of drug-likeness (QED) is 0.681. The van der Waals surface area contributed by atoms with Crippen LogP contribution in [0.4, 0.5) is 5.69 Å². The molecular formula is C27H33N3O3. The molecule has 3 rings (SSSR count). The highest BCUT2D eigenvalue weighted by Gasteiger charge is 2.34. The van der Waals surface area contributed by atoms with E-state index in [4.69, 9.17) is 5.11 Å². The van der Waals surface area contributed by atoms with Gasteiger partial charge in [0.05, 0.1) is 0 Å². The first-order valence-electron chi connectivity index (χ1n) is 11.5. The summed E-state index contributed by atoms with van der Waals surface area (Å²) in [5.41, 5.74) is 2.23. The first-order valence-corrected chi connectivity index (χ1v) is 11.5. The number of hydrogen-bond donors (Lipinski definition) is 2. The molecule has 1 aliphatic rings. The van der Waals surface area contributed by atoms with Crippen LogP contribution in [0.2, 0.25) is 0 Å². The number of hydrogen-bond acceptors (Lipinski definition) is 4. The Kier molecular flexibility index (Phi) is 8.24. The van der Waals surface area contributed by atoms with Gasteiger partial charge in [-0.1, -0.05) is 64.2 Å². The number of rotatable bonds is 5. The Morgan fingerprint density at radius 2 is 1.85 bits per heavy atom. The van der Waals surface area contributed by atoms with Crippen LogP contribution in [0.15, 0.2) is 48.8 Å². The van der Waals surface area contributed by atoms with Crippen molar-refractivity contribution in [2.45, 2.75) is 70.4 Å². The molecule has 6 nitrogen and oxygen atoms in total. The average molecular weight is 448 g/mol. The topological polar surface area (TPSA) is 82.5 Å². The van der Waals surface area contributed by atoms with Crippen LogP contribution in [0.25, 0.3) is 0 Å². The van der Waals surface area contributed by atoms with E-state index in [1.807, 2.05) is 24.3 Å². The van der Waals surface area contributed by atoms with Gasteiger partial charge in [0.2, 0.25) is 5.91 Å². The summed E-state index contributed by atoms with van der Waals surface area (Å²) in [5.74, 6) is 4.09. The normalized spacial score (nSPS) is 15.2. The summed E-state index contributed by atoms with van der Waals surface area (Å²) in [6, 6.07) is 10.3. The van der Waals surface area contributed by atoms with Crippen LogP contribution in [0.5, 0.6) is 0 Å². The molecule has 1 atom stereocenters. The molecule has 2 aromatic rings. The van der Waals surface area contributed by atoms with E-state index in [0.717, 1.165) is 31.2 Å². The van der Waals surface area contributed by atoms with Gasteiger partial charge in [0.15, 0.2) is 0 Å². The third-order valence-corrected chi connectivity index (χ3v) is 5.96. The minimum absolute atomic E-state index is 0.0504. The van der Waals surface area contributed by atoms with Gasteiger partial charge in [-0.3, -0.25) is 19.5 Å². The molecular weight excluding hydrogens is 414 g/mol. The van der Waals surface area contributed by atoms with Crippen molar-refractivity contribution < 1.29 is 14.7 Å². The van der Waals surface area contributed by atoms with Crippen molar-refractivity contribution in [1.29, 1.82) is 0 Å². The van der Waals surface area contributed by atoms with Crippen LogP contribution in [0.1, 0.15) is 70.0 Å². The number of aromatic nitrogens is 1. The minimum Gasteiger partial charge on any atom is -0.384 e. The molecule has 2 amide bonds. The number of nitrogens with one attached hydrogen (secondary N) is 1. The molecule has 0 aliphatic heterocycles. The summed E-state index contributed by atoms with van der Waals surface area (Å²) in [7, 11) is 0. The minimum atomic E-state index is -0.929. The van der Waals surface area contributed by atoms with Gasteiger partial charge in [0, 0.05) is 29.7 Å². The third-order valence-electron chi connectivity index (χ3n) is 5.96. The Balaban J connectivity index is 2.04. The fraction of sp³-hybridized carbons (Fsp3) is 0.444. The molecule has 2 N–H and O–H groups in total. The fourth-order valence-electron chi connectivity index (χ4n) is 4.16. The molecule has 6 heteroatoms. The van der Waals surface area contributed by atoms with Crippen molar-refractivity contribution in [1.82, 2.24) is 10.3 Å². The van der Waals surface area contributed by atoms with E-state index in [0.29, 0.717) is 11.3 Å². The Bertz CT molecular complexity index is 995. The fourth-order valence-corrected chi connectivity index (χ4v) is 4.16. The number of aliphatic hydroxyl groups is 1. The summed E-state index contributed by atoms with van der Waals surface area (Å²) in [5, 5.41) is 12.3. The summed E-state index contributed by atoms with van der Waals surface area (Å²) in [4.78, 5) is 32.4. The molecule has 1 fully saturated rings. The van der Waals surface area contributed by atoms with Gasteiger partial charge in [0.1, 0.15) is 12.6 Å². The van der Waals surface area contributed by atoms with Gasteiger partial charge >= 0.3 is 5.91 Å². The van der Waals surface area contributed by atoms with Crippen LogP contribution >= 0.6 is 0 Å². The summed E-state index contributed by atoms with van der Waals surface area (Å²) < 4.78 is 0. The zero-order chi connectivity index (χ0) is 23.8. The van der Waals surface area contributed by atoms with E-state index in [2.05, 4.69) is 42.9 Å². The van der Waals surface area contributed by atoms with Crippen molar-refractivity contribution >= 4 is 17.5 Å². The van der Waals surface area contributed by atoms with E-state index in [9.17, 15) is 9.59 Å². The van der Waals surface area contributed by atoms with Gasteiger partial charge in [-0.25, -0.2) is 0 Å². The lowest BCUT2D eigenvalue weighted by molar-refractivity contribution is -0.125. The van der Waals surface area contributed by atoms with Gasteiger partial charge in [0.25, 0.3) is 0 Å². The molecule has 1 unspecified atom stereocenters. The van der Waals surface area contributed by atoms with Crippen molar-refractivity contribution in [3.63, 3.8) is 0 Å². The van der Waals surface area contributed by atoms with E-state index in [1.54, 1.807) is 24.5 Å². The lowest BCUT2D eigenvalue weighted by atomic mass is 9.87. The molecule has 1 aromatic carbocycles. The van der Waals surface area contributed by atoms with Gasteiger partial charge < -0.3 is 10.4 Å². The number of aliphatic hydroxyl groups excluding tert-OH is 1. The molecule has 1 aliphatic carbocycles. The number of amides is 2. The number of carbonyl (C=O) groups is 2. The maximum absolute atomic E-state index is 13.6. The van der Waals surface area contributed by atoms with E-state index in [-0.39, 0.29) is 17.4 Å². The lowest BCUT2D eigenvalue weighted by Crippen LogP contribution is -2.47. The van der Waals surface area contributed by atoms with Gasteiger partial charge in [-0.15, -0.1) is 0 Å². The molecule has 174 valence electrons. The van der Waals surface area contributed by atoms with Gasteiger partial charge in [-0.05, 0) is 47.9 Å². The molecule has 0 saturated heterocycles. The number of carbonyl (C=O) groups excluding carboxylic acids is 2. The van der Waals surface area contributed by atoms with Crippen LogP contribution < -0.4 is 10.2 Å². The van der Waals surface area contributed by atoms with E-state index >= 15 is 0 Å². The zero-order valence-corrected chi connectivity index (χ0v) is 19.7.